The molecule has 0 amide bonds. The predicted octanol–water partition coefficient (Wildman–Crippen LogP) is 2.02. The molecular formula is C13H23BrN4. The molecule has 1 aliphatic rings. The highest BCUT2D eigenvalue weighted by Crippen LogP contribution is 2.25. The number of likely N-dealkylation sites (N-methyl/N-ethyl adjacent to an activating group) is 1. The molecule has 1 aliphatic heterocycles. The minimum absolute atomic E-state index is 0.646. The Morgan fingerprint density at radius 3 is 2.78 bits per heavy atom. The normalized spacial score (nSPS) is 20.8. The minimum atomic E-state index is 0.646. The summed E-state index contributed by atoms with van der Waals surface area (Å²) in [4.78, 5) is 2.51. The molecule has 0 spiro atoms. The summed E-state index contributed by atoms with van der Waals surface area (Å²) >= 11 is 3.72. The summed E-state index contributed by atoms with van der Waals surface area (Å²) < 4.78 is 3.34. The van der Waals surface area contributed by atoms with Crippen molar-refractivity contribution in [2.75, 3.05) is 20.1 Å². The lowest BCUT2D eigenvalue weighted by atomic mass is 10.3. The van der Waals surface area contributed by atoms with Crippen LogP contribution in [0.15, 0.2) is 4.47 Å². The molecule has 1 aromatic heterocycles. The Balaban J connectivity index is 2.11. The van der Waals surface area contributed by atoms with Crippen LogP contribution in [-0.2, 0) is 19.5 Å². The van der Waals surface area contributed by atoms with Gasteiger partial charge in [0.1, 0.15) is 0 Å². The van der Waals surface area contributed by atoms with Gasteiger partial charge in [0.15, 0.2) is 0 Å². The highest BCUT2D eigenvalue weighted by atomic mass is 79.9. The third-order valence-corrected chi connectivity index (χ3v) is 4.66. The second-order valence-corrected chi connectivity index (χ2v) is 5.68. The number of hydrogen-bond donors (Lipinski definition) is 1. The van der Waals surface area contributed by atoms with E-state index in [4.69, 9.17) is 0 Å². The van der Waals surface area contributed by atoms with Crippen molar-refractivity contribution in [2.24, 2.45) is 0 Å². The fourth-order valence-corrected chi connectivity index (χ4v) is 3.28. The molecule has 102 valence electrons. The molecule has 2 rings (SSSR count). The molecule has 0 radical (unpaired) electrons. The lowest BCUT2D eigenvalue weighted by Gasteiger charge is -2.17. The number of likely N-dealkylation sites (tertiary alicyclic amines) is 1. The molecule has 1 saturated heterocycles. The molecule has 4 nitrogen and oxygen atoms in total. The lowest BCUT2D eigenvalue weighted by molar-refractivity contribution is 0.310. The van der Waals surface area contributed by atoms with Crippen molar-refractivity contribution in [3.8, 4) is 0 Å². The van der Waals surface area contributed by atoms with Crippen LogP contribution in [-0.4, -0.2) is 40.9 Å². The standard InChI is InChI=1S/C13H23BrN4/c1-4-11-13(14)12(18(5-2)16-11)9-17-7-6-10(8-17)15-3/h10,15H,4-9H2,1-3H3. The molecule has 0 aromatic carbocycles. The van der Waals surface area contributed by atoms with Crippen molar-refractivity contribution in [3.05, 3.63) is 15.9 Å². The first-order valence-corrected chi connectivity index (χ1v) is 7.62. The van der Waals surface area contributed by atoms with Crippen molar-refractivity contribution >= 4 is 15.9 Å². The van der Waals surface area contributed by atoms with Gasteiger partial charge in [0.05, 0.1) is 15.9 Å². The van der Waals surface area contributed by atoms with Crippen LogP contribution >= 0.6 is 15.9 Å². The van der Waals surface area contributed by atoms with Gasteiger partial charge in [-0.1, -0.05) is 6.92 Å². The van der Waals surface area contributed by atoms with Gasteiger partial charge >= 0.3 is 0 Å². The molecule has 1 fully saturated rings. The molecule has 0 bridgehead atoms. The minimum Gasteiger partial charge on any atom is -0.316 e. The van der Waals surface area contributed by atoms with Crippen LogP contribution in [0.2, 0.25) is 0 Å². The molecule has 18 heavy (non-hydrogen) atoms. The maximum Gasteiger partial charge on any atom is 0.0767 e. The average molecular weight is 315 g/mol. The Kier molecular flexibility index (Phi) is 4.81. The van der Waals surface area contributed by atoms with Crippen molar-refractivity contribution in [3.63, 3.8) is 0 Å². The topological polar surface area (TPSA) is 33.1 Å². The SMILES string of the molecule is CCc1nn(CC)c(CN2CCC(NC)C2)c1Br. The van der Waals surface area contributed by atoms with Gasteiger partial charge in [0.2, 0.25) is 0 Å². The lowest BCUT2D eigenvalue weighted by Crippen LogP contribution is -2.29. The summed E-state index contributed by atoms with van der Waals surface area (Å²) in [7, 11) is 2.05. The van der Waals surface area contributed by atoms with Crippen LogP contribution in [0.3, 0.4) is 0 Å². The fourth-order valence-electron chi connectivity index (χ4n) is 2.59. The molecule has 1 N–H and O–H groups in total. The predicted molar refractivity (Wildman–Crippen MR) is 77.7 cm³/mol. The number of rotatable bonds is 5. The van der Waals surface area contributed by atoms with E-state index in [2.05, 4.69) is 56.8 Å². The smallest absolute Gasteiger partial charge is 0.0767 e. The molecular weight excluding hydrogens is 292 g/mol. The zero-order valence-electron chi connectivity index (χ0n) is 11.5. The molecule has 2 heterocycles. The van der Waals surface area contributed by atoms with E-state index >= 15 is 0 Å². The van der Waals surface area contributed by atoms with Gasteiger partial charge in [0, 0.05) is 32.2 Å². The number of nitrogens with one attached hydrogen (secondary N) is 1. The second kappa shape index (κ2) is 6.17. The first kappa shape index (κ1) is 14.0. The zero-order valence-corrected chi connectivity index (χ0v) is 13.1. The van der Waals surface area contributed by atoms with E-state index in [0.29, 0.717) is 6.04 Å². The van der Waals surface area contributed by atoms with Crippen molar-refractivity contribution < 1.29 is 0 Å². The summed E-state index contributed by atoms with van der Waals surface area (Å²) in [6.07, 6.45) is 2.23. The van der Waals surface area contributed by atoms with Gasteiger partial charge in [0.25, 0.3) is 0 Å². The Labute approximate surface area is 118 Å². The van der Waals surface area contributed by atoms with Crippen molar-refractivity contribution in [1.82, 2.24) is 20.0 Å². The van der Waals surface area contributed by atoms with Gasteiger partial charge in [-0.15, -0.1) is 0 Å². The number of halogens is 1. The maximum absolute atomic E-state index is 4.66. The van der Waals surface area contributed by atoms with Crippen LogP contribution in [0.4, 0.5) is 0 Å². The summed E-state index contributed by atoms with van der Waals surface area (Å²) in [6, 6.07) is 0.646. The summed E-state index contributed by atoms with van der Waals surface area (Å²) in [5.41, 5.74) is 2.50. The van der Waals surface area contributed by atoms with E-state index in [0.717, 1.165) is 26.1 Å². The van der Waals surface area contributed by atoms with Gasteiger partial charge in [-0.3, -0.25) is 9.58 Å². The average Bonchev–Trinajstić information content (AvgIpc) is 2.96. The third-order valence-electron chi connectivity index (χ3n) is 3.75. The number of nitrogens with zero attached hydrogens (tertiary/aromatic N) is 3. The molecule has 1 unspecified atom stereocenters. The quantitative estimate of drug-likeness (QED) is 0.902. The third kappa shape index (κ3) is 2.78. The maximum atomic E-state index is 4.66. The second-order valence-electron chi connectivity index (χ2n) is 4.89. The van der Waals surface area contributed by atoms with E-state index in [1.54, 1.807) is 0 Å². The van der Waals surface area contributed by atoms with E-state index in [-0.39, 0.29) is 0 Å². The fraction of sp³-hybridized carbons (Fsp3) is 0.769. The van der Waals surface area contributed by atoms with E-state index in [1.807, 2.05) is 0 Å². The molecule has 1 atom stereocenters. The summed E-state index contributed by atoms with van der Waals surface area (Å²) in [5, 5.41) is 8.02. The molecule has 1 aromatic rings. The first-order chi connectivity index (χ1) is 8.69. The largest absolute Gasteiger partial charge is 0.316 e. The van der Waals surface area contributed by atoms with Gasteiger partial charge < -0.3 is 5.32 Å². The highest BCUT2D eigenvalue weighted by Gasteiger charge is 2.23. The number of hydrogen-bond acceptors (Lipinski definition) is 3. The highest BCUT2D eigenvalue weighted by molar-refractivity contribution is 9.10. The molecule has 5 heteroatoms. The Hall–Kier alpha value is -0.390. The van der Waals surface area contributed by atoms with E-state index in [9.17, 15) is 0 Å². The van der Waals surface area contributed by atoms with Crippen molar-refractivity contribution in [1.29, 1.82) is 0 Å². The van der Waals surface area contributed by atoms with E-state index in [1.165, 1.54) is 28.8 Å². The molecule has 0 saturated carbocycles. The Morgan fingerprint density at radius 2 is 2.22 bits per heavy atom. The zero-order chi connectivity index (χ0) is 13.1. The van der Waals surface area contributed by atoms with E-state index < -0.39 is 0 Å². The summed E-state index contributed by atoms with van der Waals surface area (Å²) in [6.45, 7) is 8.57. The number of aromatic nitrogens is 2. The van der Waals surface area contributed by atoms with Crippen LogP contribution in [0.25, 0.3) is 0 Å². The van der Waals surface area contributed by atoms with Crippen LogP contribution in [0.5, 0.6) is 0 Å². The van der Waals surface area contributed by atoms with Gasteiger partial charge in [-0.05, 0) is 42.7 Å². The first-order valence-electron chi connectivity index (χ1n) is 6.83. The monoisotopic (exact) mass is 314 g/mol. The molecule has 0 aliphatic carbocycles. The van der Waals surface area contributed by atoms with Crippen LogP contribution < -0.4 is 5.32 Å². The van der Waals surface area contributed by atoms with Crippen molar-refractivity contribution in [2.45, 2.75) is 45.8 Å². The Morgan fingerprint density at radius 1 is 1.44 bits per heavy atom. The Bertz CT molecular complexity index is 402. The number of aryl methyl sites for hydroxylation is 2. The summed E-state index contributed by atoms with van der Waals surface area (Å²) in [5.74, 6) is 0. The van der Waals surface area contributed by atoms with Gasteiger partial charge in [-0.25, -0.2) is 0 Å². The van der Waals surface area contributed by atoms with Crippen LogP contribution in [0, 0.1) is 0 Å². The van der Waals surface area contributed by atoms with Crippen LogP contribution in [0.1, 0.15) is 31.7 Å². The van der Waals surface area contributed by atoms with Gasteiger partial charge in [-0.2, -0.15) is 5.10 Å².